The number of nitrogens with zero attached hydrogens (tertiary/aromatic N) is 1. The van der Waals surface area contributed by atoms with E-state index in [4.69, 9.17) is 9.84 Å². The van der Waals surface area contributed by atoms with E-state index in [-0.39, 0.29) is 17.9 Å². The van der Waals surface area contributed by atoms with Gasteiger partial charge < -0.3 is 9.84 Å². The molecule has 0 bridgehead atoms. The quantitative estimate of drug-likeness (QED) is 0.739. The first-order chi connectivity index (χ1) is 6.66. The molecular formula is C10H11NO3. The lowest BCUT2D eigenvalue weighted by Crippen LogP contribution is -2.23. The van der Waals surface area contributed by atoms with Crippen LogP contribution in [0.2, 0.25) is 0 Å². The summed E-state index contributed by atoms with van der Waals surface area (Å²) in [7, 11) is 0. The van der Waals surface area contributed by atoms with Crippen LogP contribution in [-0.2, 0) is 4.74 Å². The Morgan fingerprint density at radius 1 is 1.43 bits per heavy atom. The molecule has 1 unspecified atom stereocenters. The third-order valence-corrected chi connectivity index (χ3v) is 2.12. The average Bonchev–Trinajstić information content (AvgIpc) is 2.47. The highest BCUT2D eigenvalue weighted by Crippen LogP contribution is 2.23. The summed E-state index contributed by atoms with van der Waals surface area (Å²) in [6.45, 7) is 2.40. The van der Waals surface area contributed by atoms with E-state index in [1.807, 2.05) is 6.92 Å². The van der Waals surface area contributed by atoms with Crippen LogP contribution < -0.4 is 4.90 Å². The van der Waals surface area contributed by atoms with Crippen LogP contribution >= 0.6 is 0 Å². The molecule has 4 nitrogen and oxygen atoms in total. The number of carbonyl (C=O) groups is 1. The third-order valence-electron chi connectivity index (χ3n) is 2.12. The van der Waals surface area contributed by atoms with Crippen LogP contribution in [0.25, 0.3) is 0 Å². The van der Waals surface area contributed by atoms with Crippen LogP contribution in [0.4, 0.5) is 10.5 Å². The summed E-state index contributed by atoms with van der Waals surface area (Å²) < 4.78 is 4.98. The molecule has 1 saturated heterocycles. The van der Waals surface area contributed by atoms with Crippen molar-refractivity contribution in [1.29, 1.82) is 0 Å². The molecule has 0 saturated carbocycles. The van der Waals surface area contributed by atoms with Gasteiger partial charge in [0, 0.05) is 5.69 Å². The maximum atomic E-state index is 11.3. The number of ether oxygens (including phenoxy) is 1. The summed E-state index contributed by atoms with van der Waals surface area (Å²) >= 11 is 0. The highest BCUT2D eigenvalue weighted by molar-refractivity contribution is 5.89. The molecule has 14 heavy (non-hydrogen) atoms. The first kappa shape index (κ1) is 8.87. The summed E-state index contributed by atoms with van der Waals surface area (Å²) in [4.78, 5) is 12.9. The van der Waals surface area contributed by atoms with Crippen molar-refractivity contribution in [3.05, 3.63) is 24.3 Å². The van der Waals surface area contributed by atoms with Crippen LogP contribution in [0.1, 0.15) is 6.92 Å². The number of phenols is 1. The van der Waals surface area contributed by atoms with Crippen molar-refractivity contribution in [2.45, 2.75) is 13.0 Å². The lowest BCUT2D eigenvalue weighted by molar-refractivity contribution is 0.150. The average molecular weight is 193 g/mol. The molecule has 1 aromatic rings. The highest BCUT2D eigenvalue weighted by atomic mass is 16.6. The minimum absolute atomic E-state index is 0.0729. The lowest BCUT2D eigenvalue weighted by atomic mass is 10.2. The van der Waals surface area contributed by atoms with Gasteiger partial charge in [-0.15, -0.1) is 0 Å². The van der Waals surface area contributed by atoms with E-state index >= 15 is 0 Å². The second kappa shape index (κ2) is 3.21. The fourth-order valence-corrected chi connectivity index (χ4v) is 1.45. The highest BCUT2D eigenvalue weighted by Gasteiger charge is 2.28. The predicted octanol–water partition coefficient (Wildman–Crippen LogP) is 1.74. The smallest absolute Gasteiger partial charge is 0.414 e. The van der Waals surface area contributed by atoms with E-state index < -0.39 is 0 Å². The van der Waals surface area contributed by atoms with Crippen LogP contribution in [0, 0.1) is 0 Å². The molecule has 74 valence electrons. The lowest BCUT2D eigenvalue weighted by Gasteiger charge is -2.12. The van der Waals surface area contributed by atoms with Gasteiger partial charge >= 0.3 is 6.09 Å². The molecule has 0 spiro atoms. The monoisotopic (exact) mass is 193 g/mol. The topological polar surface area (TPSA) is 49.8 Å². The summed E-state index contributed by atoms with van der Waals surface area (Å²) in [6.07, 6.45) is -0.403. The molecular weight excluding hydrogens is 182 g/mol. The Morgan fingerprint density at radius 3 is 2.57 bits per heavy atom. The van der Waals surface area contributed by atoms with Gasteiger partial charge in [-0.1, -0.05) is 0 Å². The molecule has 4 heteroatoms. The Kier molecular flexibility index (Phi) is 2.04. The van der Waals surface area contributed by atoms with Gasteiger partial charge in [0.2, 0.25) is 0 Å². The molecule has 1 aliphatic heterocycles. The number of anilines is 1. The van der Waals surface area contributed by atoms with Crippen LogP contribution in [0.15, 0.2) is 24.3 Å². The first-order valence-corrected chi connectivity index (χ1v) is 4.44. The summed E-state index contributed by atoms with van der Waals surface area (Å²) in [6, 6.07) is 6.47. The molecule has 1 aliphatic rings. The molecule has 0 aliphatic carbocycles. The Balaban J connectivity index is 2.23. The molecule has 1 atom stereocenters. The van der Waals surface area contributed by atoms with Gasteiger partial charge in [-0.05, 0) is 31.2 Å². The zero-order chi connectivity index (χ0) is 10.1. The van der Waals surface area contributed by atoms with Gasteiger partial charge in [0.1, 0.15) is 11.9 Å². The minimum atomic E-state index is -0.330. The van der Waals surface area contributed by atoms with Gasteiger partial charge in [-0.2, -0.15) is 0 Å². The number of hydrogen-bond donors (Lipinski definition) is 1. The summed E-state index contributed by atoms with van der Waals surface area (Å²) in [5.74, 6) is 0.189. The van der Waals surface area contributed by atoms with Crippen LogP contribution in [-0.4, -0.2) is 23.8 Å². The zero-order valence-electron chi connectivity index (χ0n) is 7.80. The molecule has 2 rings (SSSR count). The minimum Gasteiger partial charge on any atom is -0.508 e. The first-order valence-electron chi connectivity index (χ1n) is 4.44. The second-order valence-electron chi connectivity index (χ2n) is 3.32. The van der Waals surface area contributed by atoms with Crippen LogP contribution in [0.3, 0.4) is 0 Å². The molecule has 0 aromatic heterocycles. The number of carbonyl (C=O) groups excluding carboxylic acids is 1. The Hall–Kier alpha value is -1.71. The number of hydrogen-bond acceptors (Lipinski definition) is 3. The number of phenolic OH excluding ortho intramolecular Hbond substituents is 1. The van der Waals surface area contributed by atoms with E-state index in [9.17, 15) is 4.79 Å². The van der Waals surface area contributed by atoms with Crippen molar-refractivity contribution >= 4 is 11.8 Å². The van der Waals surface area contributed by atoms with E-state index in [0.29, 0.717) is 6.54 Å². The van der Waals surface area contributed by atoms with Crippen molar-refractivity contribution in [1.82, 2.24) is 0 Å². The Morgan fingerprint density at radius 2 is 2.07 bits per heavy atom. The Labute approximate surface area is 81.7 Å². The Bertz CT molecular complexity index is 347. The fraction of sp³-hybridized carbons (Fsp3) is 0.300. The summed E-state index contributed by atoms with van der Waals surface area (Å²) in [5.41, 5.74) is 0.747. The van der Waals surface area contributed by atoms with Crippen molar-refractivity contribution in [2.75, 3.05) is 11.4 Å². The SMILES string of the molecule is CC1CN(c2ccc(O)cc2)C(=O)O1. The third kappa shape index (κ3) is 1.51. The van der Waals surface area contributed by atoms with Crippen molar-refractivity contribution in [2.24, 2.45) is 0 Å². The predicted molar refractivity (Wildman–Crippen MR) is 51.4 cm³/mol. The number of benzene rings is 1. The largest absolute Gasteiger partial charge is 0.508 e. The van der Waals surface area contributed by atoms with E-state index in [2.05, 4.69) is 0 Å². The van der Waals surface area contributed by atoms with Crippen molar-refractivity contribution < 1.29 is 14.6 Å². The van der Waals surface area contributed by atoms with E-state index in [1.54, 1.807) is 29.2 Å². The zero-order valence-corrected chi connectivity index (χ0v) is 7.80. The van der Waals surface area contributed by atoms with E-state index in [0.717, 1.165) is 5.69 Å². The second-order valence-corrected chi connectivity index (χ2v) is 3.32. The molecule has 1 heterocycles. The standard InChI is InChI=1S/C10H11NO3/c1-7-6-11(10(13)14-7)8-2-4-9(12)5-3-8/h2-5,7,12H,6H2,1H3. The molecule has 1 amide bonds. The fourth-order valence-electron chi connectivity index (χ4n) is 1.45. The van der Waals surface area contributed by atoms with Crippen molar-refractivity contribution in [3.63, 3.8) is 0 Å². The van der Waals surface area contributed by atoms with Crippen molar-refractivity contribution in [3.8, 4) is 5.75 Å². The molecule has 1 fully saturated rings. The van der Waals surface area contributed by atoms with Gasteiger partial charge in [-0.3, -0.25) is 4.90 Å². The van der Waals surface area contributed by atoms with Gasteiger partial charge in [0.25, 0.3) is 0 Å². The number of amides is 1. The maximum absolute atomic E-state index is 11.3. The number of cyclic esters (lactones) is 1. The normalized spacial score (nSPS) is 21.1. The number of rotatable bonds is 1. The summed E-state index contributed by atoms with van der Waals surface area (Å²) in [5, 5.41) is 9.08. The van der Waals surface area contributed by atoms with Gasteiger partial charge in [0.15, 0.2) is 0 Å². The van der Waals surface area contributed by atoms with E-state index in [1.165, 1.54) is 0 Å². The van der Waals surface area contributed by atoms with Gasteiger partial charge in [-0.25, -0.2) is 4.79 Å². The molecule has 0 radical (unpaired) electrons. The van der Waals surface area contributed by atoms with Gasteiger partial charge in [0.05, 0.1) is 6.54 Å². The maximum Gasteiger partial charge on any atom is 0.414 e. The molecule has 1 N–H and O–H groups in total. The number of aromatic hydroxyl groups is 1. The van der Waals surface area contributed by atoms with Crippen LogP contribution in [0.5, 0.6) is 5.75 Å². The molecule has 1 aromatic carbocycles.